The molecule has 0 bridgehead atoms. The Morgan fingerprint density at radius 3 is 2.68 bits per heavy atom. The zero-order valence-corrected chi connectivity index (χ0v) is 14.8. The molecule has 0 saturated carbocycles. The monoisotopic (exact) mass is 360 g/mol. The average Bonchev–Trinajstić information content (AvgIpc) is 2.95. The standard InChI is InChI=1S/C16H17ClN6O2/c1-16(2,3)25-15(24)19-8-10-4-6-11(7-5-10)23-13-12(21-22-23)9-18-14(17)20-13/h4-7,9H,8H2,1-3H3,(H,19,24). The lowest BCUT2D eigenvalue weighted by Gasteiger charge is -2.19. The van der Waals surface area contributed by atoms with Crippen LogP contribution in [0.3, 0.4) is 0 Å². The Morgan fingerprint density at radius 1 is 1.28 bits per heavy atom. The van der Waals surface area contributed by atoms with E-state index in [9.17, 15) is 4.79 Å². The number of alkyl carbamates (subject to hydrolysis) is 1. The lowest BCUT2D eigenvalue weighted by Crippen LogP contribution is -2.32. The first-order chi connectivity index (χ1) is 11.8. The Kier molecular flexibility index (Phi) is 4.54. The maximum atomic E-state index is 11.7. The number of carbonyl (C=O) groups is 1. The number of ether oxygens (including phenoxy) is 1. The van der Waals surface area contributed by atoms with Crippen LogP contribution in [0.1, 0.15) is 26.3 Å². The molecule has 1 aromatic carbocycles. The molecule has 0 saturated heterocycles. The Hall–Kier alpha value is -2.74. The zero-order valence-electron chi connectivity index (χ0n) is 14.0. The minimum Gasteiger partial charge on any atom is -0.444 e. The fourth-order valence-corrected chi connectivity index (χ4v) is 2.25. The molecular formula is C16H17ClN6O2. The maximum absolute atomic E-state index is 11.7. The van der Waals surface area contributed by atoms with Crippen LogP contribution in [0.4, 0.5) is 4.79 Å². The largest absolute Gasteiger partial charge is 0.444 e. The number of fused-ring (bicyclic) bond motifs is 1. The van der Waals surface area contributed by atoms with Crippen molar-refractivity contribution in [2.24, 2.45) is 0 Å². The second kappa shape index (κ2) is 6.64. The molecule has 1 amide bonds. The zero-order chi connectivity index (χ0) is 18.0. The molecule has 8 nitrogen and oxygen atoms in total. The smallest absolute Gasteiger partial charge is 0.407 e. The topological polar surface area (TPSA) is 94.8 Å². The number of aromatic nitrogens is 5. The average molecular weight is 361 g/mol. The summed E-state index contributed by atoms with van der Waals surface area (Å²) in [5, 5.41) is 10.9. The van der Waals surface area contributed by atoms with Crippen molar-refractivity contribution in [1.82, 2.24) is 30.3 Å². The summed E-state index contributed by atoms with van der Waals surface area (Å²) in [6.07, 6.45) is 1.07. The summed E-state index contributed by atoms with van der Waals surface area (Å²) in [5.74, 6) is 0. The van der Waals surface area contributed by atoms with Crippen LogP contribution in [0.2, 0.25) is 5.28 Å². The third kappa shape index (κ3) is 4.21. The highest BCUT2D eigenvalue weighted by atomic mass is 35.5. The molecule has 1 N–H and O–H groups in total. The van der Waals surface area contributed by atoms with Gasteiger partial charge in [0.25, 0.3) is 0 Å². The minimum atomic E-state index is -0.523. The summed E-state index contributed by atoms with van der Waals surface area (Å²) in [5.41, 5.74) is 2.26. The van der Waals surface area contributed by atoms with Crippen molar-refractivity contribution < 1.29 is 9.53 Å². The van der Waals surface area contributed by atoms with Gasteiger partial charge in [-0.05, 0) is 50.1 Å². The molecule has 3 aromatic rings. The van der Waals surface area contributed by atoms with Gasteiger partial charge in [-0.2, -0.15) is 9.67 Å². The van der Waals surface area contributed by atoms with Crippen LogP contribution in [0.25, 0.3) is 16.9 Å². The number of rotatable bonds is 3. The molecule has 2 heterocycles. The van der Waals surface area contributed by atoms with Crippen molar-refractivity contribution in [3.05, 3.63) is 41.3 Å². The first-order valence-corrected chi connectivity index (χ1v) is 8.00. The van der Waals surface area contributed by atoms with Gasteiger partial charge >= 0.3 is 6.09 Å². The molecule has 0 radical (unpaired) electrons. The summed E-state index contributed by atoms with van der Waals surface area (Å²) in [4.78, 5) is 19.7. The van der Waals surface area contributed by atoms with Gasteiger partial charge < -0.3 is 10.1 Å². The van der Waals surface area contributed by atoms with Crippen molar-refractivity contribution in [1.29, 1.82) is 0 Å². The minimum absolute atomic E-state index is 0.134. The van der Waals surface area contributed by atoms with Crippen LogP contribution in [0.15, 0.2) is 30.5 Å². The molecule has 2 aromatic heterocycles. The lowest BCUT2D eigenvalue weighted by atomic mass is 10.2. The van der Waals surface area contributed by atoms with E-state index in [-0.39, 0.29) is 5.28 Å². The van der Waals surface area contributed by atoms with Crippen molar-refractivity contribution in [3.8, 4) is 5.69 Å². The molecule has 0 aliphatic rings. The lowest BCUT2D eigenvalue weighted by molar-refractivity contribution is 0.0523. The van der Waals surface area contributed by atoms with Crippen LogP contribution in [-0.2, 0) is 11.3 Å². The number of carbonyl (C=O) groups excluding carboxylic acids is 1. The predicted octanol–water partition coefficient (Wildman–Crippen LogP) is 2.89. The quantitative estimate of drug-likeness (QED) is 0.721. The van der Waals surface area contributed by atoms with E-state index >= 15 is 0 Å². The molecule has 130 valence electrons. The molecule has 25 heavy (non-hydrogen) atoms. The fourth-order valence-electron chi connectivity index (χ4n) is 2.12. The second-order valence-electron chi connectivity index (χ2n) is 6.37. The van der Waals surface area contributed by atoms with Gasteiger partial charge in [-0.15, -0.1) is 5.10 Å². The number of hydrogen-bond donors (Lipinski definition) is 1. The van der Waals surface area contributed by atoms with Gasteiger partial charge in [0.2, 0.25) is 5.28 Å². The molecule has 0 spiro atoms. The first kappa shape index (κ1) is 17.1. The van der Waals surface area contributed by atoms with E-state index in [0.717, 1.165) is 11.3 Å². The molecule has 0 atom stereocenters. The first-order valence-electron chi connectivity index (χ1n) is 7.62. The van der Waals surface area contributed by atoms with Gasteiger partial charge in [-0.1, -0.05) is 17.3 Å². The van der Waals surface area contributed by atoms with Crippen LogP contribution >= 0.6 is 11.6 Å². The van der Waals surface area contributed by atoms with Crippen molar-refractivity contribution in [3.63, 3.8) is 0 Å². The van der Waals surface area contributed by atoms with Gasteiger partial charge in [0.1, 0.15) is 5.60 Å². The summed E-state index contributed by atoms with van der Waals surface area (Å²) in [6, 6.07) is 7.47. The maximum Gasteiger partial charge on any atom is 0.407 e. The number of amides is 1. The Labute approximate surface area is 149 Å². The molecule has 0 aliphatic heterocycles. The highest BCUT2D eigenvalue weighted by Crippen LogP contribution is 2.16. The Bertz CT molecular complexity index is 901. The van der Waals surface area contributed by atoms with E-state index in [2.05, 4.69) is 25.6 Å². The highest BCUT2D eigenvalue weighted by molar-refractivity contribution is 6.28. The summed E-state index contributed by atoms with van der Waals surface area (Å²) in [6.45, 7) is 5.82. The summed E-state index contributed by atoms with van der Waals surface area (Å²) >= 11 is 5.83. The third-order valence-corrected chi connectivity index (χ3v) is 3.36. The fraction of sp³-hybridized carbons (Fsp3) is 0.312. The number of nitrogens with one attached hydrogen (secondary N) is 1. The van der Waals surface area contributed by atoms with Gasteiger partial charge in [0, 0.05) is 6.54 Å². The molecular weight excluding hydrogens is 344 g/mol. The van der Waals surface area contributed by atoms with E-state index in [0.29, 0.717) is 17.7 Å². The molecule has 9 heteroatoms. The predicted molar refractivity (Wildman–Crippen MR) is 92.5 cm³/mol. The Morgan fingerprint density at radius 2 is 2.00 bits per heavy atom. The number of nitrogens with zero attached hydrogens (tertiary/aromatic N) is 5. The molecule has 3 rings (SSSR count). The summed E-state index contributed by atoms with van der Waals surface area (Å²) in [7, 11) is 0. The highest BCUT2D eigenvalue weighted by Gasteiger charge is 2.15. The van der Waals surface area contributed by atoms with Crippen molar-refractivity contribution in [2.75, 3.05) is 0 Å². The number of hydrogen-bond acceptors (Lipinski definition) is 6. The molecule has 0 aliphatic carbocycles. The van der Waals surface area contributed by atoms with Crippen LogP contribution in [0, 0.1) is 0 Å². The number of benzene rings is 1. The van der Waals surface area contributed by atoms with E-state index in [4.69, 9.17) is 16.3 Å². The van der Waals surface area contributed by atoms with Gasteiger partial charge in [0.15, 0.2) is 11.2 Å². The second-order valence-corrected chi connectivity index (χ2v) is 6.71. The van der Waals surface area contributed by atoms with Gasteiger partial charge in [0.05, 0.1) is 11.9 Å². The normalized spacial score (nSPS) is 11.5. The van der Waals surface area contributed by atoms with E-state index in [1.165, 1.54) is 6.20 Å². The molecule has 0 unspecified atom stereocenters. The third-order valence-electron chi connectivity index (χ3n) is 3.18. The van der Waals surface area contributed by atoms with Gasteiger partial charge in [-0.25, -0.2) is 9.78 Å². The van der Waals surface area contributed by atoms with Crippen LogP contribution in [0.5, 0.6) is 0 Å². The summed E-state index contributed by atoms with van der Waals surface area (Å²) < 4.78 is 6.78. The van der Waals surface area contributed by atoms with Crippen LogP contribution < -0.4 is 5.32 Å². The van der Waals surface area contributed by atoms with E-state index in [1.54, 1.807) is 4.68 Å². The van der Waals surface area contributed by atoms with Gasteiger partial charge in [-0.3, -0.25) is 0 Å². The van der Waals surface area contributed by atoms with Crippen molar-refractivity contribution >= 4 is 28.9 Å². The van der Waals surface area contributed by atoms with E-state index < -0.39 is 11.7 Å². The van der Waals surface area contributed by atoms with Crippen LogP contribution in [-0.4, -0.2) is 36.7 Å². The molecule has 0 fully saturated rings. The Balaban J connectivity index is 1.72. The van der Waals surface area contributed by atoms with E-state index in [1.807, 2.05) is 45.0 Å². The number of halogens is 1. The van der Waals surface area contributed by atoms with Crippen molar-refractivity contribution in [2.45, 2.75) is 32.9 Å². The SMILES string of the molecule is CC(C)(C)OC(=O)NCc1ccc(-n2nnc3cnc(Cl)nc32)cc1.